The van der Waals surface area contributed by atoms with Gasteiger partial charge in [0.05, 0.1) is 4.90 Å². The van der Waals surface area contributed by atoms with Crippen LogP contribution >= 0.6 is 0 Å². The molecule has 0 aliphatic rings. The number of aryl methyl sites for hydroxylation is 1. The van der Waals surface area contributed by atoms with E-state index in [4.69, 9.17) is 5.14 Å². The molecular formula is C14H13FN2O3S. The standard InChI is InChI=1S/C14H13FN2O3S/c1-9-7-10(5-6-13(9)15)14(18)17-11-3-2-4-12(8-11)21(16,19)20/h2-8H,1H3,(H,17,18)(H2,16,19,20). The van der Waals surface area contributed by atoms with E-state index in [0.717, 1.165) is 0 Å². The summed E-state index contributed by atoms with van der Waals surface area (Å²) in [4.78, 5) is 11.9. The van der Waals surface area contributed by atoms with Crippen LogP contribution in [0, 0.1) is 12.7 Å². The summed E-state index contributed by atoms with van der Waals surface area (Å²) in [6.45, 7) is 1.55. The third-order valence-electron chi connectivity index (χ3n) is 2.84. The van der Waals surface area contributed by atoms with Gasteiger partial charge in [-0.3, -0.25) is 4.79 Å². The van der Waals surface area contributed by atoms with Gasteiger partial charge in [0.2, 0.25) is 10.0 Å². The minimum atomic E-state index is -3.84. The third-order valence-corrected chi connectivity index (χ3v) is 3.75. The van der Waals surface area contributed by atoms with E-state index >= 15 is 0 Å². The maximum absolute atomic E-state index is 13.2. The van der Waals surface area contributed by atoms with Crippen LogP contribution in [0.2, 0.25) is 0 Å². The summed E-state index contributed by atoms with van der Waals surface area (Å²) in [5.41, 5.74) is 0.907. The van der Waals surface area contributed by atoms with Crippen LogP contribution in [-0.4, -0.2) is 14.3 Å². The summed E-state index contributed by atoms with van der Waals surface area (Å²) in [7, 11) is -3.84. The van der Waals surface area contributed by atoms with E-state index in [9.17, 15) is 17.6 Å². The molecule has 0 aliphatic carbocycles. The lowest BCUT2D eigenvalue weighted by atomic mass is 10.1. The Kier molecular flexibility index (Phi) is 4.06. The molecule has 5 nitrogen and oxygen atoms in total. The average Bonchev–Trinajstić information content (AvgIpc) is 2.41. The Morgan fingerprint density at radius 1 is 1.19 bits per heavy atom. The molecule has 0 fully saturated rings. The van der Waals surface area contributed by atoms with Crippen molar-refractivity contribution in [2.45, 2.75) is 11.8 Å². The summed E-state index contributed by atoms with van der Waals surface area (Å²) in [5, 5.41) is 7.56. The summed E-state index contributed by atoms with van der Waals surface area (Å²) in [6, 6.07) is 9.53. The highest BCUT2D eigenvalue weighted by atomic mass is 32.2. The number of carbonyl (C=O) groups is 1. The number of nitrogens with two attached hydrogens (primary N) is 1. The highest BCUT2D eigenvalue weighted by Crippen LogP contribution is 2.16. The number of hydrogen-bond donors (Lipinski definition) is 2. The van der Waals surface area contributed by atoms with E-state index < -0.39 is 21.7 Å². The summed E-state index contributed by atoms with van der Waals surface area (Å²) in [5.74, 6) is -0.868. The van der Waals surface area contributed by atoms with E-state index in [1.165, 1.54) is 42.5 Å². The van der Waals surface area contributed by atoms with Crippen LogP contribution in [-0.2, 0) is 10.0 Å². The van der Waals surface area contributed by atoms with Gasteiger partial charge < -0.3 is 5.32 Å². The lowest BCUT2D eigenvalue weighted by Crippen LogP contribution is -2.15. The van der Waals surface area contributed by atoms with Crippen LogP contribution in [0.5, 0.6) is 0 Å². The van der Waals surface area contributed by atoms with Gasteiger partial charge in [0, 0.05) is 11.3 Å². The number of amides is 1. The number of primary sulfonamides is 1. The predicted octanol–water partition coefficient (Wildman–Crippen LogP) is 2.03. The van der Waals surface area contributed by atoms with Crippen LogP contribution in [0.1, 0.15) is 15.9 Å². The van der Waals surface area contributed by atoms with Gasteiger partial charge in [-0.05, 0) is 48.9 Å². The lowest BCUT2D eigenvalue weighted by Gasteiger charge is -2.07. The predicted molar refractivity (Wildman–Crippen MR) is 76.9 cm³/mol. The summed E-state index contributed by atoms with van der Waals surface area (Å²) in [6.07, 6.45) is 0. The van der Waals surface area contributed by atoms with E-state index in [1.807, 2.05) is 0 Å². The molecule has 3 N–H and O–H groups in total. The van der Waals surface area contributed by atoms with Gasteiger partial charge in [0.25, 0.3) is 5.91 Å². The molecule has 0 radical (unpaired) electrons. The number of rotatable bonds is 3. The Morgan fingerprint density at radius 2 is 1.90 bits per heavy atom. The van der Waals surface area contributed by atoms with Crippen LogP contribution in [0.3, 0.4) is 0 Å². The fraction of sp³-hybridized carbons (Fsp3) is 0.0714. The molecule has 2 rings (SSSR count). The lowest BCUT2D eigenvalue weighted by molar-refractivity contribution is 0.102. The Bertz CT molecular complexity index is 804. The monoisotopic (exact) mass is 308 g/mol. The van der Waals surface area contributed by atoms with E-state index in [-0.39, 0.29) is 16.1 Å². The Hall–Kier alpha value is -2.25. The van der Waals surface area contributed by atoms with Crippen molar-refractivity contribution in [3.8, 4) is 0 Å². The van der Waals surface area contributed by atoms with E-state index in [0.29, 0.717) is 5.56 Å². The fourth-order valence-electron chi connectivity index (χ4n) is 1.74. The average molecular weight is 308 g/mol. The van der Waals surface area contributed by atoms with Crippen LogP contribution < -0.4 is 10.5 Å². The second kappa shape index (κ2) is 5.63. The molecule has 2 aromatic carbocycles. The first-order valence-corrected chi connectivity index (χ1v) is 7.52. The molecule has 0 atom stereocenters. The molecule has 7 heteroatoms. The first-order chi connectivity index (χ1) is 9.77. The van der Waals surface area contributed by atoms with Gasteiger partial charge in [-0.2, -0.15) is 0 Å². The molecule has 0 spiro atoms. The summed E-state index contributed by atoms with van der Waals surface area (Å²) < 4.78 is 35.7. The SMILES string of the molecule is Cc1cc(C(=O)Nc2cccc(S(N)(=O)=O)c2)ccc1F. The number of nitrogens with one attached hydrogen (secondary N) is 1. The highest BCUT2D eigenvalue weighted by Gasteiger charge is 2.11. The molecule has 1 amide bonds. The first-order valence-electron chi connectivity index (χ1n) is 5.98. The molecule has 21 heavy (non-hydrogen) atoms. The molecule has 0 aliphatic heterocycles. The van der Waals surface area contributed by atoms with Gasteiger partial charge in [-0.25, -0.2) is 17.9 Å². The Labute approximate surface area is 121 Å². The van der Waals surface area contributed by atoms with Crippen molar-refractivity contribution in [1.29, 1.82) is 0 Å². The van der Waals surface area contributed by atoms with Gasteiger partial charge in [-0.15, -0.1) is 0 Å². The smallest absolute Gasteiger partial charge is 0.255 e. The molecule has 0 saturated heterocycles. The Morgan fingerprint density at radius 3 is 2.52 bits per heavy atom. The summed E-state index contributed by atoms with van der Waals surface area (Å²) >= 11 is 0. The molecule has 0 unspecified atom stereocenters. The number of halogens is 1. The normalized spacial score (nSPS) is 11.2. The molecule has 0 saturated carbocycles. The zero-order chi connectivity index (χ0) is 15.6. The minimum absolute atomic E-state index is 0.101. The molecule has 0 bridgehead atoms. The van der Waals surface area contributed by atoms with Gasteiger partial charge in [0.1, 0.15) is 5.82 Å². The largest absolute Gasteiger partial charge is 0.322 e. The second-order valence-electron chi connectivity index (χ2n) is 4.49. The van der Waals surface area contributed by atoms with Crippen molar-refractivity contribution in [3.63, 3.8) is 0 Å². The van der Waals surface area contributed by atoms with Crippen LogP contribution in [0.15, 0.2) is 47.4 Å². The van der Waals surface area contributed by atoms with Gasteiger partial charge in [0.15, 0.2) is 0 Å². The second-order valence-corrected chi connectivity index (χ2v) is 6.05. The van der Waals surface area contributed by atoms with Crippen molar-refractivity contribution in [1.82, 2.24) is 0 Å². The molecule has 110 valence electrons. The number of benzene rings is 2. The quantitative estimate of drug-likeness (QED) is 0.909. The number of hydrogen-bond acceptors (Lipinski definition) is 3. The zero-order valence-corrected chi connectivity index (χ0v) is 11.9. The highest BCUT2D eigenvalue weighted by molar-refractivity contribution is 7.89. The number of sulfonamides is 1. The topological polar surface area (TPSA) is 89.3 Å². The van der Waals surface area contributed by atoms with Crippen LogP contribution in [0.4, 0.5) is 10.1 Å². The fourth-order valence-corrected chi connectivity index (χ4v) is 2.30. The van der Waals surface area contributed by atoms with Crippen molar-refractivity contribution >= 4 is 21.6 Å². The maximum Gasteiger partial charge on any atom is 0.255 e. The number of anilines is 1. The molecule has 0 aromatic heterocycles. The maximum atomic E-state index is 13.2. The van der Waals surface area contributed by atoms with Crippen molar-refractivity contribution in [2.24, 2.45) is 5.14 Å². The molecule has 2 aromatic rings. The minimum Gasteiger partial charge on any atom is -0.322 e. The van der Waals surface area contributed by atoms with E-state index in [2.05, 4.69) is 5.32 Å². The first kappa shape index (κ1) is 15.1. The van der Waals surface area contributed by atoms with Crippen LogP contribution in [0.25, 0.3) is 0 Å². The Balaban J connectivity index is 2.25. The van der Waals surface area contributed by atoms with Crippen molar-refractivity contribution in [2.75, 3.05) is 5.32 Å². The molecule has 0 heterocycles. The zero-order valence-electron chi connectivity index (χ0n) is 11.1. The number of carbonyl (C=O) groups excluding carboxylic acids is 1. The van der Waals surface area contributed by atoms with Gasteiger partial charge in [-0.1, -0.05) is 6.07 Å². The van der Waals surface area contributed by atoms with Crippen molar-refractivity contribution < 1.29 is 17.6 Å². The third kappa shape index (κ3) is 3.65. The van der Waals surface area contributed by atoms with E-state index in [1.54, 1.807) is 6.92 Å². The van der Waals surface area contributed by atoms with Crippen molar-refractivity contribution in [3.05, 3.63) is 59.4 Å². The van der Waals surface area contributed by atoms with Gasteiger partial charge >= 0.3 is 0 Å². The molecular weight excluding hydrogens is 295 g/mol.